The summed E-state index contributed by atoms with van der Waals surface area (Å²) in [6, 6.07) is 6.47. The second-order valence-electron chi connectivity index (χ2n) is 3.57. The van der Waals surface area contributed by atoms with Crippen LogP contribution in [-0.2, 0) is 5.11 Å². The Morgan fingerprint density at radius 3 is 2.81 bits per heavy atom. The van der Waals surface area contributed by atoms with Gasteiger partial charge < -0.3 is 4.74 Å². The molecule has 0 bridgehead atoms. The van der Waals surface area contributed by atoms with Crippen LogP contribution < -0.4 is 4.74 Å². The molecule has 1 unspecified atom stereocenters. The summed E-state index contributed by atoms with van der Waals surface area (Å²) in [6.45, 7) is 0.606. The Morgan fingerprint density at radius 2 is 2.12 bits per heavy atom. The van der Waals surface area contributed by atoms with Crippen LogP contribution in [0.1, 0.15) is 19.3 Å². The third kappa shape index (κ3) is 5.47. The maximum Gasteiger partial charge on any atom is 0.182 e. The molecule has 0 saturated heterocycles. The SMILES string of the molecule is [O]c1cccc(OCCCCC(Cl)CCl)c1. The number of hydrogen-bond acceptors (Lipinski definition) is 1. The van der Waals surface area contributed by atoms with Crippen molar-refractivity contribution in [2.45, 2.75) is 24.6 Å². The highest BCUT2D eigenvalue weighted by molar-refractivity contribution is 6.28. The topological polar surface area (TPSA) is 29.1 Å². The Bertz CT molecular complexity index is 305. The minimum atomic E-state index is -0.0273. The first-order chi connectivity index (χ1) is 7.72. The van der Waals surface area contributed by atoms with Crippen molar-refractivity contribution in [3.05, 3.63) is 24.3 Å². The highest BCUT2D eigenvalue weighted by Gasteiger charge is 2.02. The molecule has 0 aliphatic rings. The van der Waals surface area contributed by atoms with Crippen molar-refractivity contribution < 1.29 is 9.84 Å². The fourth-order valence-electron chi connectivity index (χ4n) is 1.30. The monoisotopic (exact) mass is 261 g/mol. The van der Waals surface area contributed by atoms with Crippen LogP contribution in [0.3, 0.4) is 0 Å². The van der Waals surface area contributed by atoms with Crippen molar-refractivity contribution in [1.82, 2.24) is 0 Å². The highest BCUT2D eigenvalue weighted by atomic mass is 35.5. The molecule has 2 nitrogen and oxygen atoms in total. The second-order valence-corrected chi connectivity index (χ2v) is 4.50. The van der Waals surface area contributed by atoms with Gasteiger partial charge in [0.05, 0.1) is 6.61 Å². The normalized spacial score (nSPS) is 12.4. The summed E-state index contributed by atoms with van der Waals surface area (Å²) in [7, 11) is 0. The zero-order valence-corrected chi connectivity index (χ0v) is 10.5. The molecular formula is C12H15Cl2O2. The molecule has 1 aromatic carbocycles. The summed E-state index contributed by atoms with van der Waals surface area (Å²) in [4.78, 5) is 0. The lowest BCUT2D eigenvalue weighted by atomic mass is 10.2. The fourth-order valence-corrected chi connectivity index (χ4v) is 1.61. The quantitative estimate of drug-likeness (QED) is 0.534. The molecular weight excluding hydrogens is 247 g/mol. The summed E-state index contributed by atoms with van der Waals surface area (Å²) in [6.07, 6.45) is 2.80. The molecule has 89 valence electrons. The lowest BCUT2D eigenvalue weighted by Gasteiger charge is -2.07. The van der Waals surface area contributed by atoms with E-state index < -0.39 is 0 Å². The van der Waals surface area contributed by atoms with Crippen LogP contribution >= 0.6 is 23.2 Å². The summed E-state index contributed by atoms with van der Waals surface area (Å²) < 4.78 is 5.43. The molecule has 1 aromatic rings. The summed E-state index contributed by atoms with van der Waals surface area (Å²) in [5.74, 6) is 1.09. The van der Waals surface area contributed by atoms with E-state index >= 15 is 0 Å². The highest BCUT2D eigenvalue weighted by Crippen LogP contribution is 2.18. The Hall–Kier alpha value is -0.600. The van der Waals surface area contributed by atoms with E-state index in [1.165, 1.54) is 12.1 Å². The van der Waals surface area contributed by atoms with Crippen molar-refractivity contribution in [3.63, 3.8) is 0 Å². The average molecular weight is 262 g/mol. The van der Waals surface area contributed by atoms with Crippen molar-refractivity contribution in [2.75, 3.05) is 12.5 Å². The predicted octanol–water partition coefficient (Wildman–Crippen LogP) is 4.23. The van der Waals surface area contributed by atoms with E-state index in [-0.39, 0.29) is 11.1 Å². The van der Waals surface area contributed by atoms with E-state index in [1.807, 2.05) is 0 Å². The van der Waals surface area contributed by atoms with Crippen molar-refractivity contribution >= 4 is 23.2 Å². The van der Waals surface area contributed by atoms with Crippen molar-refractivity contribution in [1.29, 1.82) is 0 Å². The van der Waals surface area contributed by atoms with E-state index in [2.05, 4.69) is 0 Å². The van der Waals surface area contributed by atoms with E-state index in [9.17, 15) is 5.11 Å². The standard InChI is InChI=1S/C12H15Cl2O2/c13-9-10(14)4-1-2-7-16-12-6-3-5-11(15)8-12/h3,5-6,8,10H,1-2,4,7,9H2. The van der Waals surface area contributed by atoms with Gasteiger partial charge in [-0.3, -0.25) is 5.11 Å². The lowest BCUT2D eigenvalue weighted by molar-refractivity contribution is 0.299. The maximum absolute atomic E-state index is 11.0. The first kappa shape index (κ1) is 13.5. The van der Waals surface area contributed by atoms with Crippen molar-refractivity contribution in [3.8, 4) is 11.5 Å². The van der Waals surface area contributed by atoms with Gasteiger partial charge in [-0.2, -0.15) is 0 Å². The number of alkyl halides is 2. The first-order valence-corrected chi connectivity index (χ1v) is 6.29. The molecule has 0 aromatic heterocycles. The number of hydrogen-bond donors (Lipinski definition) is 0. The van der Waals surface area contributed by atoms with Gasteiger partial charge in [0.1, 0.15) is 5.75 Å². The van der Waals surface area contributed by atoms with Gasteiger partial charge in [-0.05, 0) is 31.4 Å². The number of benzene rings is 1. The van der Waals surface area contributed by atoms with E-state index in [0.29, 0.717) is 18.2 Å². The molecule has 16 heavy (non-hydrogen) atoms. The van der Waals surface area contributed by atoms with Gasteiger partial charge in [0.25, 0.3) is 0 Å². The van der Waals surface area contributed by atoms with E-state index in [0.717, 1.165) is 19.3 Å². The van der Waals surface area contributed by atoms with Crippen molar-refractivity contribution in [2.24, 2.45) is 0 Å². The summed E-state index contributed by atoms with van der Waals surface area (Å²) in [5, 5.41) is 11.0. The van der Waals surface area contributed by atoms with Gasteiger partial charge in [0, 0.05) is 17.3 Å². The van der Waals surface area contributed by atoms with Crippen LogP contribution in [0.2, 0.25) is 0 Å². The smallest absolute Gasteiger partial charge is 0.182 e. The van der Waals surface area contributed by atoms with Crippen LogP contribution in [-0.4, -0.2) is 17.9 Å². The number of halogens is 2. The molecule has 1 rings (SSSR count). The minimum absolute atomic E-state index is 0.0273. The van der Waals surface area contributed by atoms with Gasteiger partial charge in [0.2, 0.25) is 0 Å². The number of rotatable bonds is 7. The van der Waals surface area contributed by atoms with Crippen LogP contribution in [0.15, 0.2) is 24.3 Å². The van der Waals surface area contributed by atoms with E-state index in [4.69, 9.17) is 27.9 Å². The van der Waals surface area contributed by atoms with Crippen LogP contribution in [0, 0.1) is 0 Å². The molecule has 0 heterocycles. The molecule has 0 amide bonds. The van der Waals surface area contributed by atoms with Gasteiger partial charge in [-0.15, -0.1) is 23.2 Å². The van der Waals surface area contributed by atoms with Crippen LogP contribution in [0.4, 0.5) is 0 Å². The second kappa shape index (κ2) is 7.64. The zero-order chi connectivity index (χ0) is 11.8. The summed E-state index contributed by atoms with van der Waals surface area (Å²) in [5.41, 5.74) is 0. The van der Waals surface area contributed by atoms with E-state index in [1.54, 1.807) is 12.1 Å². The third-order valence-electron chi connectivity index (χ3n) is 2.15. The molecule has 4 heteroatoms. The van der Waals surface area contributed by atoms with Crippen LogP contribution in [0.25, 0.3) is 0 Å². The van der Waals surface area contributed by atoms with Gasteiger partial charge >= 0.3 is 0 Å². The molecule has 0 aliphatic heterocycles. The first-order valence-electron chi connectivity index (χ1n) is 5.32. The Labute approximate surface area is 106 Å². The maximum atomic E-state index is 11.0. The number of ether oxygens (including phenoxy) is 1. The average Bonchev–Trinajstić information content (AvgIpc) is 2.28. The third-order valence-corrected chi connectivity index (χ3v) is 3.06. The number of unbranched alkanes of at least 4 members (excludes halogenated alkanes) is 1. The molecule has 0 aliphatic carbocycles. The molecule has 0 spiro atoms. The van der Waals surface area contributed by atoms with Gasteiger partial charge in [0.15, 0.2) is 5.75 Å². The Kier molecular flexibility index (Phi) is 6.43. The van der Waals surface area contributed by atoms with Gasteiger partial charge in [-0.25, -0.2) is 0 Å². The predicted molar refractivity (Wildman–Crippen MR) is 66.3 cm³/mol. The molecule has 0 N–H and O–H groups in total. The lowest BCUT2D eigenvalue weighted by Crippen LogP contribution is -2.02. The van der Waals surface area contributed by atoms with Gasteiger partial charge in [-0.1, -0.05) is 6.07 Å². The molecule has 0 fully saturated rings. The van der Waals surface area contributed by atoms with Crippen LogP contribution in [0.5, 0.6) is 11.5 Å². The summed E-state index contributed by atoms with van der Waals surface area (Å²) >= 11 is 11.4. The Balaban J connectivity index is 2.12. The fraction of sp³-hybridized carbons (Fsp3) is 0.500. The largest absolute Gasteiger partial charge is 0.493 e. The molecule has 0 saturated carbocycles. The molecule has 1 atom stereocenters. The Morgan fingerprint density at radius 1 is 1.31 bits per heavy atom. The molecule has 1 radical (unpaired) electrons. The minimum Gasteiger partial charge on any atom is -0.493 e. The zero-order valence-electron chi connectivity index (χ0n) is 8.99.